The molecule has 3 N–H and O–H groups in total. The summed E-state index contributed by atoms with van der Waals surface area (Å²) in [6, 6.07) is 6.95. The zero-order valence-electron chi connectivity index (χ0n) is 13.6. The van der Waals surface area contributed by atoms with Gasteiger partial charge in [0.25, 0.3) is 0 Å². The fraction of sp³-hybridized carbons (Fsp3) is 0.438. The van der Waals surface area contributed by atoms with Crippen molar-refractivity contribution in [2.75, 3.05) is 30.3 Å². The summed E-state index contributed by atoms with van der Waals surface area (Å²) in [5.41, 5.74) is 7.69. The van der Waals surface area contributed by atoms with Crippen molar-refractivity contribution < 1.29 is 9.66 Å². The Morgan fingerprint density at radius 2 is 2.17 bits per heavy atom. The first-order chi connectivity index (χ1) is 11.6. The van der Waals surface area contributed by atoms with Crippen molar-refractivity contribution in [2.24, 2.45) is 0 Å². The van der Waals surface area contributed by atoms with E-state index in [1.54, 1.807) is 12.1 Å². The van der Waals surface area contributed by atoms with Crippen LogP contribution in [0.25, 0.3) is 0 Å². The van der Waals surface area contributed by atoms with Gasteiger partial charge >= 0.3 is 5.69 Å². The van der Waals surface area contributed by atoms with Crippen LogP contribution in [-0.4, -0.2) is 34.8 Å². The molecule has 128 valence electrons. The average molecular weight is 331 g/mol. The maximum Gasteiger partial charge on any atom is 0.311 e. The third-order valence-electron chi connectivity index (χ3n) is 4.36. The van der Waals surface area contributed by atoms with E-state index in [-0.39, 0.29) is 5.69 Å². The second kappa shape index (κ2) is 6.77. The fourth-order valence-electron chi connectivity index (χ4n) is 3.13. The molecule has 3 rings (SSSR count). The Kier molecular flexibility index (Phi) is 4.54. The summed E-state index contributed by atoms with van der Waals surface area (Å²) in [7, 11) is 0. The molecule has 2 heterocycles. The van der Waals surface area contributed by atoms with E-state index < -0.39 is 4.92 Å². The highest BCUT2D eigenvalue weighted by molar-refractivity contribution is 5.59. The first-order valence-corrected chi connectivity index (χ1v) is 8.05. The number of nitrogens with one attached hydrogen (secondary N) is 1. The number of anilines is 2. The van der Waals surface area contributed by atoms with Gasteiger partial charge in [0.15, 0.2) is 5.75 Å². The minimum absolute atomic E-state index is 0.00317. The van der Waals surface area contributed by atoms with E-state index in [0.717, 1.165) is 37.3 Å². The molecule has 0 radical (unpaired) electrons. The van der Waals surface area contributed by atoms with E-state index in [0.29, 0.717) is 24.1 Å². The smallest absolute Gasteiger partial charge is 0.311 e. The van der Waals surface area contributed by atoms with Crippen molar-refractivity contribution in [1.82, 2.24) is 10.2 Å². The van der Waals surface area contributed by atoms with Crippen molar-refractivity contribution in [2.45, 2.75) is 25.7 Å². The van der Waals surface area contributed by atoms with Gasteiger partial charge in [-0.15, -0.1) is 0 Å². The first kappa shape index (κ1) is 16.1. The van der Waals surface area contributed by atoms with Gasteiger partial charge in [0.2, 0.25) is 0 Å². The van der Waals surface area contributed by atoms with Gasteiger partial charge in [0, 0.05) is 48.6 Å². The molecular formula is C16H21N5O3. The number of nitro groups is 1. The molecule has 2 aromatic rings. The van der Waals surface area contributed by atoms with Gasteiger partial charge in [0.1, 0.15) is 5.82 Å². The van der Waals surface area contributed by atoms with Crippen LogP contribution in [0.3, 0.4) is 0 Å². The van der Waals surface area contributed by atoms with Gasteiger partial charge in [-0.3, -0.25) is 15.2 Å². The monoisotopic (exact) mass is 331 g/mol. The van der Waals surface area contributed by atoms with E-state index in [2.05, 4.69) is 15.1 Å². The number of nitrogens with two attached hydrogens (primary N) is 1. The van der Waals surface area contributed by atoms with E-state index in [9.17, 15) is 10.1 Å². The Morgan fingerprint density at radius 1 is 1.42 bits per heavy atom. The van der Waals surface area contributed by atoms with Crippen molar-refractivity contribution in [3.8, 4) is 5.75 Å². The number of H-pyrrole nitrogens is 1. The summed E-state index contributed by atoms with van der Waals surface area (Å²) in [6.07, 6.45) is 1.95. The molecule has 0 atom stereocenters. The zero-order chi connectivity index (χ0) is 17.1. The Morgan fingerprint density at radius 3 is 2.75 bits per heavy atom. The topological polar surface area (TPSA) is 110 Å². The van der Waals surface area contributed by atoms with Crippen LogP contribution >= 0.6 is 0 Å². The van der Waals surface area contributed by atoms with Gasteiger partial charge in [-0.1, -0.05) is 0 Å². The van der Waals surface area contributed by atoms with Crippen molar-refractivity contribution in [1.29, 1.82) is 0 Å². The normalized spacial score (nSPS) is 15.5. The maximum atomic E-state index is 11.1. The number of benzene rings is 1. The molecule has 1 aliphatic heterocycles. The number of nitrogens with zero attached hydrogens (tertiary/aromatic N) is 3. The summed E-state index contributed by atoms with van der Waals surface area (Å²) in [5.74, 6) is 1.25. The fourth-order valence-corrected chi connectivity index (χ4v) is 3.13. The molecular weight excluding hydrogens is 310 g/mol. The molecule has 1 aliphatic rings. The van der Waals surface area contributed by atoms with Crippen molar-refractivity contribution in [3.05, 3.63) is 40.1 Å². The SMILES string of the molecule is CCOc1cc(N2CCC(c3cc(N)n[nH]3)CC2)ccc1[N+](=O)[O-]. The molecule has 0 amide bonds. The standard InChI is InChI=1S/C16H21N5O3/c1-2-24-15-9-12(3-4-14(15)21(22)23)20-7-5-11(6-8-20)13-10-16(17)19-18-13/h3-4,9-11H,2,5-8H2,1H3,(H3,17,18,19). The highest BCUT2D eigenvalue weighted by atomic mass is 16.6. The van der Waals surface area contributed by atoms with E-state index >= 15 is 0 Å². The lowest BCUT2D eigenvalue weighted by Gasteiger charge is -2.33. The highest BCUT2D eigenvalue weighted by Crippen LogP contribution is 2.35. The minimum atomic E-state index is -0.413. The van der Waals surface area contributed by atoms with E-state index in [4.69, 9.17) is 10.5 Å². The Hall–Kier alpha value is -2.77. The van der Waals surface area contributed by atoms with Crippen molar-refractivity contribution >= 4 is 17.2 Å². The molecule has 0 bridgehead atoms. The van der Waals surface area contributed by atoms with Crippen LogP contribution in [-0.2, 0) is 0 Å². The Bertz CT molecular complexity index is 722. The summed E-state index contributed by atoms with van der Waals surface area (Å²) >= 11 is 0. The second-order valence-electron chi connectivity index (χ2n) is 5.85. The van der Waals surface area contributed by atoms with Crippen LogP contribution in [0.15, 0.2) is 24.3 Å². The summed E-state index contributed by atoms with van der Waals surface area (Å²) in [5, 5.41) is 18.1. The van der Waals surface area contributed by atoms with Crippen LogP contribution in [0.2, 0.25) is 0 Å². The number of nitrogen functional groups attached to an aromatic ring is 1. The van der Waals surface area contributed by atoms with Crippen LogP contribution in [0.1, 0.15) is 31.4 Å². The van der Waals surface area contributed by atoms with Crippen molar-refractivity contribution in [3.63, 3.8) is 0 Å². The summed E-state index contributed by atoms with van der Waals surface area (Å²) in [4.78, 5) is 12.9. The number of piperidine rings is 1. The molecule has 8 heteroatoms. The van der Waals surface area contributed by atoms with E-state index in [1.165, 1.54) is 6.07 Å². The lowest BCUT2D eigenvalue weighted by Crippen LogP contribution is -2.33. The number of aromatic amines is 1. The highest BCUT2D eigenvalue weighted by Gasteiger charge is 2.24. The quantitative estimate of drug-likeness (QED) is 0.644. The number of aromatic nitrogens is 2. The first-order valence-electron chi connectivity index (χ1n) is 8.05. The molecule has 0 unspecified atom stereocenters. The summed E-state index contributed by atoms with van der Waals surface area (Å²) < 4.78 is 5.43. The van der Waals surface area contributed by atoms with Crippen LogP contribution in [0.5, 0.6) is 5.75 Å². The second-order valence-corrected chi connectivity index (χ2v) is 5.85. The lowest BCUT2D eigenvalue weighted by molar-refractivity contribution is -0.385. The average Bonchev–Trinajstić information content (AvgIpc) is 3.01. The largest absolute Gasteiger partial charge is 0.487 e. The van der Waals surface area contributed by atoms with Crippen LogP contribution in [0.4, 0.5) is 17.2 Å². The zero-order valence-corrected chi connectivity index (χ0v) is 13.6. The number of hydrogen-bond acceptors (Lipinski definition) is 6. The molecule has 1 saturated heterocycles. The predicted molar refractivity (Wildman–Crippen MR) is 91.5 cm³/mol. The number of ether oxygens (including phenoxy) is 1. The number of hydrogen-bond donors (Lipinski definition) is 2. The molecule has 1 aromatic heterocycles. The number of nitro benzene ring substituents is 1. The minimum Gasteiger partial charge on any atom is -0.487 e. The lowest BCUT2D eigenvalue weighted by atomic mass is 9.93. The number of rotatable bonds is 5. The molecule has 24 heavy (non-hydrogen) atoms. The third kappa shape index (κ3) is 3.27. The molecule has 1 fully saturated rings. The van der Waals surface area contributed by atoms with Gasteiger partial charge in [-0.05, 0) is 25.8 Å². The molecule has 0 aliphatic carbocycles. The molecule has 0 spiro atoms. The molecule has 0 saturated carbocycles. The van der Waals surface area contributed by atoms with Gasteiger partial charge in [-0.2, -0.15) is 5.10 Å². The molecule has 8 nitrogen and oxygen atoms in total. The van der Waals surface area contributed by atoms with Crippen LogP contribution in [0, 0.1) is 10.1 Å². The predicted octanol–water partition coefficient (Wildman–Crippen LogP) is 2.68. The van der Waals surface area contributed by atoms with Gasteiger partial charge in [0.05, 0.1) is 11.5 Å². The third-order valence-corrected chi connectivity index (χ3v) is 4.36. The molecule has 1 aromatic carbocycles. The van der Waals surface area contributed by atoms with Crippen LogP contribution < -0.4 is 15.4 Å². The summed E-state index contributed by atoms with van der Waals surface area (Å²) in [6.45, 7) is 3.95. The van der Waals surface area contributed by atoms with Gasteiger partial charge < -0.3 is 15.4 Å². The van der Waals surface area contributed by atoms with Gasteiger partial charge in [-0.25, -0.2) is 0 Å². The Balaban J connectivity index is 1.71. The maximum absolute atomic E-state index is 11.1. The Labute approximate surface area is 139 Å². The van der Waals surface area contributed by atoms with E-state index in [1.807, 2.05) is 13.0 Å².